The fourth-order valence-corrected chi connectivity index (χ4v) is 3.19. The summed E-state index contributed by atoms with van der Waals surface area (Å²) in [5.74, 6) is 1.79. The van der Waals surface area contributed by atoms with Crippen molar-refractivity contribution < 1.29 is 4.74 Å². The van der Waals surface area contributed by atoms with Crippen molar-refractivity contribution in [3.05, 3.63) is 16.7 Å². The van der Waals surface area contributed by atoms with Crippen LogP contribution in [0.3, 0.4) is 0 Å². The van der Waals surface area contributed by atoms with Crippen molar-refractivity contribution in [2.45, 2.75) is 64.1 Å². The van der Waals surface area contributed by atoms with Gasteiger partial charge < -0.3 is 15.0 Å². The van der Waals surface area contributed by atoms with Crippen LogP contribution in [-0.4, -0.2) is 28.7 Å². The first kappa shape index (κ1) is 14.4. The Balaban J connectivity index is 1.53. The van der Waals surface area contributed by atoms with E-state index >= 15 is 0 Å². The summed E-state index contributed by atoms with van der Waals surface area (Å²) in [6.07, 6.45) is 7.48. The van der Waals surface area contributed by atoms with Gasteiger partial charge in [0.25, 0.3) is 0 Å². The number of nitrogens with one attached hydrogen (secondary N) is 2. The average molecular weight is 298 g/mol. The third kappa shape index (κ3) is 3.35. The highest BCUT2D eigenvalue weighted by atomic mass is 35.5. The van der Waals surface area contributed by atoms with Gasteiger partial charge in [-0.3, -0.25) is 0 Å². The lowest BCUT2D eigenvalue weighted by molar-refractivity contribution is 0.0808. The molecule has 2 aliphatic rings. The van der Waals surface area contributed by atoms with Gasteiger partial charge in [0, 0.05) is 25.6 Å². The Labute approximate surface area is 125 Å². The maximum absolute atomic E-state index is 6.21. The van der Waals surface area contributed by atoms with E-state index in [0.717, 1.165) is 49.9 Å². The summed E-state index contributed by atoms with van der Waals surface area (Å²) in [7, 11) is 0. The number of rotatable bonds is 7. The van der Waals surface area contributed by atoms with Gasteiger partial charge in [-0.1, -0.05) is 24.9 Å². The molecule has 2 unspecified atom stereocenters. The topological polar surface area (TPSA) is 49.9 Å². The minimum atomic E-state index is 0.413. The largest absolute Gasteiger partial charge is 0.376 e. The van der Waals surface area contributed by atoms with Crippen molar-refractivity contribution in [3.8, 4) is 0 Å². The third-order valence-electron chi connectivity index (χ3n) is 4.31. The molecule has 1 aromatic rings. The monoisotopic (exact) mass is 297 g/mol. The number of H-pyrrole nitrogens is 1. The van der Waals surface area contributed by atoms with E-state index in [1.165, 1.54) is 19.3 Å². The number of imidazole rings is 1. The molecule has 2 N–H and O–H groups in total. The second kappa shape index (κ2) is 6.46. The average Bonchev–Trinajstić information content (AvgIpc) is 3.07. The third-order valence-corrected chi connectivity index (χ3v) is 4.62. The van der Waals surface area contributed by atoms with Crippen molar-refractivity contribution >= 4 is 11.6 Å². The fraction of sp³-hybridized carbons (Fsp3) is 0.800. The summed E-state index contributed by atoms with van der Waals surface area (Å²) in [5, 5.41) is 4.22. The molecule has 0 amide bonds. The molecule has 1 aliphatic heterocycles. The van der Waals surface area contributed by atoms with Crippen LogP contribution in [0.1, 0.15) is 50.5 Å². The molecule has 4 nitrogen and oxygen atoms in total. The maximum atomic E-state index is 6.21. The summed E-state index contributed by atoms with van der Waals surface area (Å²) < 4.78 is 5.85. The minimum absolute atomic E-state index is 0.413. The zero-order valence-electron chi connectivity index (χ0n) is 12.1. The van der Waals surface area contributed by atoms with Crippen LogP contribution in [0.2, 0.25) is 5.15 Å². The molecule has 112 valence electrons. The normalized spacial score (nSPS) is 26.3. The molecule has 5 heteroatoms. The lowest BCUT2D eigenvalue weighted by atomic mass is 10.1. The fourth-order valence-electron chi connectivity index (χ4n) is 2.97. The Hall–Kier alpha value is -0.580. The van der Waals surface area contributed by atoms with E-state index < -0.39 is 0 Å². The predicted molar refractivity (Wildman–Crippen MR) is 79.9 cm³/mol. The van der Waals surface area contributed by atoms with E-state index in [0.29, 0.717) is 17.3 Å². The number of hydrogen-bond acceptors (Lipinski definition) is 3. The van der Waals surface area contributed by atoms with Gasteiger partial charge in [-0.05, 0) is 31.6 Å². The van der Waals surface area contributed by atoms with Crippen LogP contribution < -0.4 is 5.32 Å². The van der Waals surface area contributed by atoms with Crippen LogP contribution in [0.15, 0.2) is 0 Å². The molecule has 0 aromatic carbocycles. The molecule has 2 heterocycles. The Morgan fingerprint density at radius 1 is 1.40 bits per heavy atom. The molecule has 20 heavy (non-hydrogen) atoms. The van der Waals surface area contributed by atoms with Gasteiger partial charge in [0.2, 0.25) is 0 Å². The predicted octanol–water partition coefficient (Wildman–Crippen LogP) is 3.06. The number of aromatic amines is 1. The van der Waals surface area contributed by atoms with Crippen LogP contribution in [0, 0.1) is 5.92 Å². The summed E-state index contributed by atoms with van der Waals surface area (Å²) in [6.45, 7) is 3.83. The van der Waals surface area contributed by atoms with Crippen molar-refractivity contribution in [1.82, 2.24) is 15.3 Å². The summed E-state index contributed by atoms with van der Waals surface area (Å²) in [5.41, 5.74) is 1.01. The van der Waals surface area contributed by atoms with Gasteiger partial charge in [-0.15, -0.1) is 0 Å². The van der Waals surface area contributed by atoms with E-state index in [1.54, 1.807) is 0 Å². The molecule has 3 rings (SSSR count). The number of ether oxygens (including phenoxy) is 1. The van der Waals surface area contributed by atoms with Gasteiger partial charge in [0.05, 0.1) is 11.8 Å². The Morgan fingerprint density at radius 2 is 2.25 bits per heavy atom. The van der Waals surface area contributed by atoms with Gasteiger partial charge >= 0.3 is 0 Å². The molecule has 1 aromatic heterocycles. The Bertz CT molecular complexity index is 444. The van der Waals surface area contributed by atoms with Gasteiger partial charge in [-0.25, -0.2) is 4.98 Å². The summed E-state index contributed by atoms with van der Waals surface area (Å²) in [6, 6.07) is 0.473. The highest BCUT2D eigenvalue weighted by molar-refractivity contribution is 6.30. The highest BCUT2D eigenvalue weighted by Crippen LogP contribution is 2.38. The zero-order valence-corrected chi connectivity index (χ0v) is 12.9. The molecule has 2 fully saturated rings. The Morgan fingerprint density at radius 3 is 3.00 bits per heavy atom. The molecular weight excluding hydrogens is 274 g/mol. The van der Waals surface area contributed by atoms with Crippen LogP contribution in [0.25, 0.3) is 0 Å². The lowest BCUT2D eigenvalue weighted by Crippen LogP contribution is -2.37. The highest BCUT2D eigenvalue weighted by Gasteiger charge is 2.40. The van der Waals surface area contributed by atoms with Gasteiger partial charge in [0.1, 0.15) is 5.82 Å². The number of unbranched alkanes of at least 4 members (excludes halogenated alkanes) is 1. The first-order chi connectivity index (χ1) is 9.78. The van der Waals surface area contributed by atoms with Crippen molar-refractivity contribution in [3.63, 3.8) is 0 Å². The molecule has 1 aliphatic carbocycles. The number of halogens is 1. The van der Waals surface area contributed by atoms with Crippen molar-refractivity contribution in [2.24, 2.45) is 5.92 Å². The lowest BCUT2D eigenvalue weighted by Gasteiger charge is -2.19. The number of hydrogen-bond donors (Lipinski definition) is 2. The molecule has 0 spiro atoms. The number of aryl methyl sites for hydroxylation is 1. The number of aromatic nitrogens is 2. The maximum Gasteiger partial charge on any atom is 0.151 e. The van der Waals surface area contributed by atoms with Crippen LogP contribution in [-0.2, 0) is 17.7 Å². The van der Waals surface area contributed by atoms with E-state index in [9.17, 15) is 0 Å². The number of nitrogens with zero attached hydrogens (tertiary/aromatic N) is 1. The van der Waals surface area contributed by atoms with E-state index in [1.807, 2.05) is 0 Å². The molecule has 2 atom stereocenters. The van der Waals surface area contributed by atoms with Crippen LogP contribution in [0.5, 0.6) is 0 Å². The van der Waals surface area contributed by atoms with Gasteiger partial charge in [-0.2, -0.15) is 0 Å². The molecule has 1 saturated heterocycles. The van der Waals surface area contributed by atoms with Crippen molar-refractivity contribution in [2.75, 3.05) is 6.61 Å². The first-order valence-corrected chi connectivity index (χ1v) is 8.24. The van der Waals surface area contributed by atoms with Crippen LogP contribution >= 0.6 is 11.6 Å². The zero-order chi connectivity index (χ0) is 13.9. The molecule has 0 bridgehead atoms. The smallest absolute Gasteiger partial charge is 0.151 e. The molecule has 0 radical (unpaired) electrons. The SMILES string of the molecule is CCCCc1nc(Cl)c(CNC2CCOC2C2CC2)[nH]1. The van der Waals surface area contributed by atoms with Crippen molar-refractivity contribution in [1.29, 1.82) is 0 Å². The Kier molecular flexibility index (Phi) is 4.64. The standard InChI is InChI=1S/C15H24ClN3O/c1-2-3-4-13-18-12(15(16)19-13)9-17-11-7-8-20-14(11)10-5-6-10/h10-11,14,17H,2-9H2,1H3,(H,18,19). The minimum Gasteiger partial charge on any atom is -0.376 e. The van der Waals surface area contributed by atoms with Gasteiger partial charge in [0.15, 0.2) is 5.15 Å². The first-order valence-electron chi connectivity index (χ1n) is 7.86. The van der Waals surface area contributed by atoms with E-state index in [-0.39, 0.29) is 0 Å². The van der Waals surface area contributed by atoms with E-state index in [4.69, 9.17) is 16.3 Å². The molecular formula is C15H24ClN3O. The second-order valence-corrected chi connectivity index (χ2v) is 6.36. The quantitative estimate of drug-likeness (QED) is 0.813. The second-order valence-electron chi connectivity index (χ2n) is 6.01. The molecule has 1 saturated carbocycles. The van der Waals surface area contributed by atoms with E-state index in [2.05, 4.69) is 22.2 Å². The summed E-state index contributed by atoms with van der Waals surface area (Å²) >= 11 is 6.21. The van der Waals surface area contributed by atoms with Crippen LogP contribution in [0.4, 0.5) is 0 Å². The summed E-state index contributed by atoms with van der Waals surface area (Å²) in [4.78, 5) is 7.75.